The number of likely N-dealkylation sites (tertiary alicyclic amines) is 1. The van der Waals surface area contributed by atoms with Gasteiger partial charge >= 0.3 is 0 Å². The van der Waals surface area contributed by atoms with Crippen molar-refractivity contribution >= 4 is 23.6 Å². The number of fused-ring (bicyclic) bond motifs is 1. The summed E-state index contributed by atoms with van der Waals surface area (Å²) >= 11 is 0. The van der Waals surface area contributed by atoms with Gasteiger partial charge in [0.15, 0.2) is 0 Å². The molecule has 10 nitrogen and oxygen atoms in total. The summed E-state index contributed by atoms with van der Waals surface area (Å²) in [6, 6.07) is 0. The van der Waals surface area contributed by atoms with E-state index in [-0.39, 0.29) is 17.4 Å². The van der Waals surface area contributed by atoms with Gasteiger partial charge in [0.05, 0.1) is 30.4 Å². The van der Waals surface area contributed by atoms with E-state index < -0.39 is 12.1 Å². The normalized spacial score (nSPS) is 28.4. The quantitative estimate of drug-likeness (QED) is 0.704. The molecule has 2 saturated heterocycles. The molecule has 1 aliphatic carbocycles. The molecule has 11 heteroatoms. The van der Waals surface area contributed by atoms with Gasteiger partial charge in [-0.3, -0.25) is 4.79 Å². The molecule has 0 unspecified atom stereocenters. The van der Waals surface area contributed by atoms with Crippen LogP contribution in [0.3, 0.4) is 0 Å². The van der Waals surface area contributed by atoms with E-state index in [1.54, 1.807) is 12.4 Å². The smallest absolute Gasteiger partial charge is 0.228 e. The number of halogens is 1. The second-order valence-corrected chi connectivity index (χ2v) is 9.87. The summed E-state index contributed by atoms with van der Waals surface area (Å²) in [6.07, 6.45) is 4.41. The molecule has 0 aromatic carbocycles. The largest absolute Gasteiger partial charge is 0.378 e. The van der Waals surface area contributed by atoms with E-state index in [1.165, 1.54) is 0 Å². The Morgan fingerprint density at radius 2 is 1.91 bits per heavy atom. The maximum Gasteiger partial charge on any atom is 0.228 e. The van der Waals surface area contributed by atoms with Crippen molar-refractivity contribution in [3.8, 4) is 11.3 Å². The van der Waals surface area contributed by atoms with Crippen LogP contribution >= 0.6 is 0 Å². The van der Waals surface area contributed by atoms with E-state index in [0.29, 0.717) is 38.7 Å². The van der Waals surface area contributed by atoms with Crippen LogP contribution in [0.5, 0.6) is 0 Å². The van der Waals surface area contributed by atoms with Crippen LogP contribution in [0, 0.1) is 5.92 Å². The highest BCUT2D eigenvalue weighted by Gasteiger charge is 2.50. The monoisotopic (exact) mass is 468 g/mol. The molecule has 2 N–H and O–H groups in total. The number of amides is 1. The Morgan fingerprint density at radius 1 is 1.18 bits per heavy atom. The zero-order chi connectivity index (χ0) is 23.4. The topological polar surface area (TPSA) is 114 Å². The minimum atomic E-state index is -0.972. The number of nitrogens with zero attached hydrogens (tertiary/aromatic N) is 7. The second kappa shape index (κ2) is 8.00. The average Bonchev–Trinajstić information content (AvgIpc) is 3.23. The molecule has 0 spiro atoms. The minimum Gasteiger partial charge on any atom is -0.378 e. The number of anilines is 3. The summed E-state index contributed by atoms with van der Waals surface area (Å²) in [7, 11) is 0. The third-order valence-electron chi connectivity index (χ3n) is 7.50. The lowest BCUT2D eigenvalue weighted by atomic mass is 9.99. The molecule has 34 heavy (non-hydrogen) atoms. The van der Waals surface area contributed by atoms with Gasteiger partial charge in [0.2, 0.25) is 17.8 Å². The summed E-state index contributed by atoms with van der Waals surface area (Å²) in [5.74, 6) is 1.29. The highest BCUT2D eigenvalue weighted by atomic mass is 19.1. The Labute approximate surface area is 197 Å². The molecule has 3 fully saturated rings. The summed E-state index contributed by atoms with van der Waals surface area (Å²) in [5, 5.41) is 0. The maximum absolute atomic E-state index is 13.5. The minimum absolute atomic E-state index is 0.0490. The van der Waals surface area contributed by atoms with Crippen molar-refractivity contribution in [3.63, 3.8) is 0 Å². The highest BCUT2D eigenvalue weighted by molar-refractivity contribution is 5.83. The summed E-state index contributed by atoms with van der Waals surface area (Å²) in [4.78, 5) is 37.3. The van der Waals surface area contributed by atoms with Crippen LogP contribution in [0.4, 0.5) is 22.1 Å². The van der Waals surface area contributed by atoms with E-state index in [0.717, 1.165) is 55.1 Å². The molecule has 1 amide bonds. The van der Waals surface area contributed by atoms with Gasteiger partial charge < -0.3 is 25.2 Å². The molecule has 1 saturated carbocycles. The van der Waals surface area contributed by atoms with Gasteiger partial charge in [-0.05, 0) is 26.2 Å². The van der Waals surface area contributed by atoms with Crippen LogP contribution in [0.15, 0.2) is 12.4 Å². The van der Waals surface area contributed by atoms with Crippen molar-refractivity contribution in [1.82, 2.24) is 24.8 Å². The van der Waals surface area contributed by atoms with Crippen molar-refractivity contribution in [1.29, 1.82) is 0 Å². The number of hydrogen-bond acceptors (Lipinski definition) is 9. The molecule has 0 radical (unpaired) electrons. The zero-order valence-electron chi connectivity index (χ0n) is 19.3. The number of aromatic nitrogens is 4. The second-order valence-electron chi connectivity index (χ2n) is 9.87. The fourth-order valence-corrected chi connectivity index (χ4v) is 5.38. The van der Waals surface area contributed by atoms with Gasteiger partial charge in [-0.15, -0.1) is 0 Å². The Bertz CT molecular complexity index is 1110. The lowest BCUT2D eigenvalue weighted by Gasteiger charge is -2.37. The third-order valence-corrected chi connectivity index (χ3v) is 7.50. The standard InChI is InChI=1S/C23H29FN8O2/c1-23(3-5-31(13-23)20(33)16-10-17(16)24)32-4-2-15-18(14-11-26-21(25)27-12-14)28-22(29-19(15)32)30-6-8-34-9-7-30/h11-12,16-17H,2-10,13H2,1H3,(H2,25,26,27)/t16-,17-,23+/m1/s1. The molecule has 4 aliphatic rings. The lowest BCUT2D eigenvalue weighted by molar-refractivity contribution is -0.132. The SMILES string of the molecule is C[C@]1(N2CCc3c(-c4cnc(N)nc4)nc(N4CCOCC4)nc32)CCN(C(=O)[C@@H]2C[C@H]2F)C1. The molecule has 3 atom stereocenters. The molecular weight excluding hydrogens is 439 g/mol. The first-order valence-corrected chi connectivity index (χ1v) is 11.9. The van der Waals surface area contributed by atoms with Crippen LogP contribution < -0.4 is 15.5 Å². The van der Waals surface area contributed by atoms with E-state index in [2.05, 4.69) is 26.7 Å². The molecule has 6 rings (SSSR count). The van der Waals surface area contributed by atoms with E-state index >= 15 is 0 Å². The van der Waals surface area contributed by atoms with Crippen molar-refractivity contribution in [2.24, 2.45) is 5.92 Å². The molecule has 2 aromatic rings. The first-order valence-electron chi connectivity index (χ1n) is 11.9. The van der Waals surface area contributed by atoms with Gasteiger partial charge in [-0.2, -0.15) is 4.98 Å². The maximum atomic E-state index is 13.5. The van der Waals surface area contributed by atoms with Crippen LogP contribution in [0.2, 0.25) is 0 Å². The number of alkyl halides is 1. The predicted octanol–water partition coefficient (Wildman–Crippen LogP) is 1.06. The van der Waals surface area contributed by atoms with Crippen LogP contribution in [-0.2, 0) is 16.0 Å². The van der Waals surface area contributed by atoms with Crippen LogP contribution in [-0.4, -0.2) is 88.4 Å². The highest BCUT2D eigenvalue weighted by Crippen LogP contribution is 2.43. The zero-order valence-corrected chi connectivity index (χ0v) is 19.3. The first-order chi connectivity index (χ1) is 16.4. The number of ether oxygens (including phenoxy) is 1. The molecule has 180 valence electrons. The van der Waals surface area contributed by atoms with Crippen molar-refractivity contribution in [3.05, 3.63) is 18.0 Å². The predicted molar refractivity (Wildman–Crippen MR) is 124 cm³/mol. The number of hydrogen-bond donors (Lipinski definition) is 1. The van der Waals surface area contributed by atoms with E-state index in [4.69, 9.17) is 20.4 Å². The fourth-order valence-electron chi connectivity index (χ4n) is 5.38. The van der Waals surface area contributed by atoms with Gasteiger partial charge in [0.25, 0.3) is 0 Å². The number of nitrogen functional groups attached to an aromatic ring is 1. The number of morpholine rings is 1. The Hall–Kier alpha value is -3.08. The summed E-state index contributed by atoms with van der Waals surface area (Å²) < 4.78 is 19.0. The number of nitrogens with two attached hydrogens (primary N) is 1. The van der Waals surface area contributed by atoms with E-state index in [9.17, 15) is 9.18 Å². The molecule has 0 bridgehead atoms. The van der Waals surface area contributed by atoms with Crippen LogP contribution in [0.25, 0.3) is 11.3 Å². The van der Waals surface area contributed by atoms with Gasteiger partial charge in [0, 0.05) is 56.2 Å². The van der Waals surface area contributed by atoms with Crippen molar-refractivity contribution in [2.45, 2.75) is 37.9 Å². The summed E-state index contributed by atoms with van der Waals surface area (Å²) in [5.41, 5.74) is 8.13. The first kappa shape index (κ1) is 21.5. The van der Waals surface area contributed by atoms with Gasteiger partial charge in [0.1, 0.15) is 12.0 Å². The van der Waals surface area contributed by atoms with Gasteiger partial charge in [-0.25, -0.2) is 19.3 Å². The number of carbonyl (C=O) groups excluding carboxylic acids is 1. The molecule has 3 aliphatic heterocycles. The average molecular weight is 469 g/mol. The Balaban J connectivity index is 1.36. The molecule has 5 heterocycles. The van der Waals surface area contributed by atoms with Crippen molar-refractivity contribution < 1.29 is 13.9 Å². The number of rotatable bonds is 4. The molecule has 2 aromatic heterocycles. The van der Waals surface area contributed by atoms with Crippen molar-refractivity contribution in [2.75, 3.05) is 61.5 Å². The molecular formula is C23H29FN8O2. The number of carbonyl (C=O) groups is 1. The van der Waals surface area contributed by atoms with Gasteiger partial charge in [-0.1, -0.05) is 0 Å². The fraction of sp³-hybridized carbons (Fsp3) is 0.609. The third kappa shape index (κ3) is 3.62. The Morgan fingerprint density at radius 3 is 2.62 bits per heavy atom. The van der Waals surface area contributed by atoms with E-state index in [1.807, 2.05) is 4.90 Å². The lowest BCUT2D eigenvalue weighted by Crippen LogP contribution is -2.49. The van der Waals surface area contributed by atoms with Crippen LogP contribution in [0.1, 0.15) is 25.3 Å². The Kier molecular flexibility index (Phi) is 5.05. The summed E-state index contributed by atoms with van der Waals surface area (Å²) in [6.45, 7) is 6.90.